The number of carbonyl (C=O) groups is 1. The summed E-state index contributed by atoms with van der Waals surface area (Å²) in [7, 11) is 0. The Morgan fingerprint density at radius 3 is 3.09 bits per heavy atom. The Labute approximate surface area is 141 Å². The maximum absolute atomic E-state index is 12.4. The van der Waals surface area contributed by atoms with Gasteiger partial charge in [0.15, 0.2) is 0 Å². The Hall–Kier alpha value is -0.950. The molecule has 2 unspecified atom stereocenters. The molecule has 1 fully saturated rings. The predicted octanol–water partition coefficient (Wildman–Crippen LogP) is 1.30. The second-order valence-electron chi connectivity index (χ2n) is 6.68. The van der Waals surface area contributed by atoms with Crippen LogP contribution in [0.1, 0.15) is 34.1 Å². The van der Waals surface area contributed by atoms with Gasteiger partial charge in [0, 0.05) is 36.4 Å². The fourth-order valence-electron chi connectivity index (χ4n) is 3.32. The van der Waals surface area contributed by atoms with Crippen LogP contribution in [-0.2, 0) is 17.6 Å². The van der Waals surface area contributed by atoms with E-state index in [0.29, 0.717) is 19.0 Å². The molecule has 1 aromatic heterocycles. The molecule has 0 bridgehead atoms. The minimum atomic E-state index is -0.536. The van der Waals surface area contributed by atoms with Crippen molar-refractivity contribution in [3.63, 3.8) is 0 Å². The number of hydrogen-bond acceptors (Lipinski definition) is 5. The lowest BCUT2D eigenvalue weighted by Gasteiger charge is -2.28. The van der Waals surface area contributed by atoms with Crippen molar-refractivity contribution in [2.24, 2.45) is 5.92 Å². The van der Waals surface area contributed by atoms with Gasteiger partial charge in [-0.3, -0.25) is 9.69 Å². The molecule has 2 atom stereocenters. The zero-order chi connectivity index (χ0) is 16.2. The predicted molar refractivity (Wildman–Crippen MR) is 91.1 cm³/mol. The summed E-state index contributed by atoms with van der Waals surface area (Å²) in [6.07, 6.45) is 2.71. The van der Waals surface area contributed by atoms with E-state index >= 15 is 0 Å². The van der Waals surface area contributed by atoms with Crippen LogP contribution < -0.4 is 5.32 Å². The fourth-order valence-corrected chi connectivity index (χ4v) is 4.56. The summed E-state index contributed by atoms with van der Waals surface area (Å²) in [5.41, 5.74) is 2.05. The molecular formula is C17H26N2O3S. The fraction of sp³-hybridized carbons (Fsp3) is 0.706. The molecule has 0 saturated carbocycles. The molecular weight excluding hydrogens is 312 g/mol. The lowest BCUT2D eigenvalue weighted by atomic mass is 9.88. The van der Waals surface area contributed by atoms with Crippen molar-refractivity contribution >= 4 is 17.2 Å². The molecule has 6 heteroatoms. The summed E-state index contributed by atoms with van der Waals surface area (Å²) in [5, 5.41) is 15.0. The van der Waals surface area contributed by atoms with Crippen LogP contribution in [0.25, 0.3) is 0 Å². The summed E-state index contributed by atoms with van der Waals surface area (Å²) < 4.78 is 5.30. The Morgan fingerprint density at radius 1 is 1.52 bits per heavy atom. The van der Waals surface area contributed by atoms with Gasteiger partial charge >= 0.3 is 0 Å². The minimum absolute atomic E-state index is 0.0434. The largest absolute Gasteiger partial charge is 0.390 e. The van der Waals surface area contributed by atoms with E-state index < -0.39 is 6.10 Å². The number of aliphatic hydroxyl groups is 1. The highest BCUT2D eigenvalue weighted by molar-refractivity contribution is 7.10. The van der Waals surface area contributed by atoms with E-state index in [9.17, 15) is 9.90 Å². The molecule has 5 nitrogen and oxygen atoms in total. The highest BCUT2D eigenvalue weighted by atomic mass is 32.1. The molecule has 1 aromatic rings. The number of nitrogens with zero attached hydrogens (tertiary/aromatic N) is 1. The van der Waals surface area contributed by atoms with Crippen molar-refractivity contribution in [1.82, 2.24) is 10.2 Å². The van der Waals surface area contributed by atoms with Gasteiger partial charge in [0.1, 0.15) is 0 Å². The number of fused-ring (bicyclic) bond motifs is 1. The van der Waals surface area contributed by atoms with Crippen LogP contribution in [0.15, 0.2) is 5.38 Å². The topological polar surface area (TPSA) is 61.8 Å². The number of amides is 1. The van der Waals surface area contributed by atoms with Crippen LogP contribution in [0.5, 0.6) is 0 Å². The monoisotopic (exact) mass is 338 g/mol. The van der Waals surface area contributed by atoms with Crippen molar-refractivity contribution in [2.45, 2.75) is 32.3 Å². The van der Waals surface area contributed by atoms with Crippen molar-refractivity contribution in [3.8, 4) is 0 Å². The minimum Gasteiger partial charge on any atom is -0.390 e. The molecule has 23 heavy (non-hydrogen) atoms. The molecule has 1 saturated heterocycles. The smallest absolute Gasteiger partial charge is 0.252 e. The summed E-state index contributed by atoms with van der Waals surface area (Å²) in [4.78, 5) is 15.9. The molecule has 128 valence electrons. The number of morpholine rings is 1. The average molecular weight is 338 g/mol. The number of rotatable bonds is 5. The molecule has 0 aromatic carbocycles. The average Bonchev–Trinajstić information content (AvgIpc) is 2.96. The van der Waals surface area contributed by atoms with Crippen LogP contribution in [0.4, 0.5) is 0 Å². The second kappa shape index (κ2) is 7.75. The van der Waals surface area contributed by atoms with E-state index in [0.717, 1.165) is 51.1 Å². The van der Waals surface area contributed by atoms with Crippen LogP contribution in [-0.4, -0.2) is 61.4 Å². The van der Waals surface area contributed by atoms with Gasteiger partial charge in [-0.05, 0) is 30.7 Å². The Balaban J connectivity index is 1.49. The number of hydrogen-bond donors (Lipinski definition) is 2. The van der Waals surface area contributed by atoms with E-state index in [1.54, 1.807) is 11.3 Å². The van der Waals surface area contributed by atoms with Crippen LogP contribution in [0, 0.1) is 5.92 Å². The quantitative estimate of drug-likeness (QED) is 0.849. The number of carbonyl (C=O) groups excluding carboxylic acids is 1. The molecule has 2 aliphatic rings. The standard InChI is InChI=1S/C17H26N2O3S/c1-12-2-3-14-15(11-23-16(14)8-12)17(21)18-9-13(20)10-19-4-6-22-7-5-19/h11-13,20H,2-10H2,1H3,(H,18,21). The molecule has 2 N–H and O–H groups in total. The Kier molecular flexibility index (Phi) is 5.69. The summed E-state index contributed by atoms with van der Waals surface area (Å²) in [5.74, 6) is 0.672. The van der Waals surface area contributed by atoms with Gasteiger partial charge in [-0.25, -0.2) is 0 Å². The molecule has 3 rings (SSSR count). The van der Waals surface area contributed by atoms with Gasteiger partial charge in [-0.15, -0.1) is 11.3 Å². The Bertz CT molecular complexity index is 540. The van der Waals surface area contributed by atoms with Gasteiger partial charge in [0.2, 0.25) is 0 Å². The SMILES string of the molecule is CC1CCc2c(C(=O)NCC(O)CN3CCOCC3)csc2C1. The first-order valence-corrected chi connectivity index (χ1v) is 9.37. The number of β-amino-alcohol motifs (C(OH)–C–C–N with tert-alkyl or cyclic N) is 1. The lowest BCUT2D eigenvalue weighted by Crippen LogP contribution is -2.44. The van der Waals surface area contributed by atoms with Gasteiger partial charge < -0.3 is 15.2 Å². The van der Waals surface area contributed by atoms with Crippen LogP contribution in [0.2, 0.25) is 0 Å². The zero-order valence-electron chi connectivity index (χ0n) is 13.7. The molecule has 1 aliphatic carbocycles. The van der Waals surface area contributed by atoms with Gasteiger partial charge in [0.25, 0.3) is 5.91 Å². The Morgan fingerprint density at radius 2 is 2.30 bits per heavy atom. The van der Waals surface area contributed by atoms with E-state index in [2.05, 4.69) is 17.1 Å². The summed E-state index contributed by atoms with van der Waals surface area (Å²) in [6, 6.07) is 0. The number of nitrogens with one attached hydrogen (secondary N) is 1. The maximum atomic E-state index is 12.4. The van der Waals surface area contributed by atoms with E-state index in [4.69, 9.17) is 4.74 Å². The third-order valence-corrected chi connectivity index (χ3v) is 5.77. The molecule has 2 heterocycles. The molecule has 0 spiro atoms. The number of thiophene rings is 1. The van der Waals surface area contributed by atoms with Crippen molar-refractivity contribution in [3.05, 3.63) is 21.4 Å². The van der Waals surface area contributed by atoms with Crippen LogP contribution in [0.3, 0.4) is 0 Å². The summed E-state index contributed by atoms with van der Waals surface area (Å²) >= 11 is 1.70. The number of ether oxygens (including phenoxy) is 1. The first-order chi connectivity index (χ1) is 11.1. The zero-order valence-corrected chi connectivity index (χ0v) is 14.5. The lowest BCUT2D eigenvalue weighted by molar-refractivity contribution is 0.0149. The third kappa shape index (κ3) is 4.32. The van der Waals surface area contributed by atoms with Gasteiger partial charge in [0.05, 0.1) is 24.9 Å². The van der Waals surface area contributed by atoms with Crippen molar-refractivity contribution in [2.75, 3.05) is 39.4 Å². The first kappa shape index (κ1) is 16.9. The third-order valence-electron chi connectivity index (χ3n) is 4.72. The maximum Gasteiger partial charge on any atom is 0.252 e. The van der Waals surface area contributed by atoms with Gasteiger partial charge in [-0.1, -0.05) is 6.92 Å². The number of aliphatic hydroxyl groups excluding tert-OH is 1. The highest BCUT2D eigenvalue weighted by Gasteiger charge is 2.23. The van der Waals surface area contributed by atoms with Crippen molar-refractivity contribution < 1.29 is 14.6 Å². The van der Waals surface area contributed by atoms with Gasteiger partial charge in [-0.2, -0.15) is 0 Å². The highest BCUT2D eigenvalue weighted by Crippen LogP contribution is 2.32. The van der Waals surface area contributed by atoms with E-state index in [1.165, 1.54) is 10.4 Å². The van der Waals surface area contributed by atoms with E-state index in [-0.39, 0.29) is 5.91 Å². The normalized spacial score (nSPS) is 23.3. The molecule has 1 aliphatic heterocycles. The molecule has 0 radical (unpaired) electrons. The molecule has 1 amide bonds. The second-order valence-corrected chi connectivity index (χ2v) is 7.64. The van der Waals surface area contributed by atoms with E-state index in [1.807, 2.05) is 5.38 Å². The van der Waals surface area contributed by atoms with Crippen LogP contribution >= 0.6 is 11.3 Å². The van der Waals surface area contributed by atoms with Crippen molar-refractivity contribution in [1.29, 1.82) is 0 Å². The summed E-state index contributed by atoms with van der Waals surface area (Å²) in [6.45, 7) is 6.30. The first-order valence-electron chi connectivity index (χ1n) is 8.49.